The van der Waals surface area contributed by atoms with Gasteiger partial charge in [0.1, 0.15) is 0 Å². The molecule has 0 bridgehead atoms. The minimum atomic E-state index is -0.0309. The fourth-order valence-electron chi connectivity index (χ4n) is 1.78. The fourth-order valence-corrected chi connectivity index (χ4v) is 2.33. The monoisotopic (exact) mass is 275 g/mol. The number of thiazole rings is 1. The molecule has 0 aliphatic rings. The first-order valence-electron chi connectivity index (χ1n) is 6.20. The Balaban J connectivity index is 2.04. The van der Waals surface area contributed by atoms with Crippen LogP contribution in [-0.4, -0.2) is 17.4 Å². The van der Waals surface area contributed by atoms with Gasteiger partial charge in [0.05, 0.1) is 17.7 Å². The summed E-state index contributed by atoms with van der Waals surface area (Å²) in [6, 6.07) is 5.67. The number of amides is 1. The van der Waals surface area contributed by atoms with Gasteiger partial charge in [-0.15, -0.1) is 11.3 Å². The minimum Gasteiger partial charge on any atom is -0.379 e. The lowest BCUT2D eigenvalue weighted by atomic mass is 10.1. The summed E-state index contributed by atoms with van der Waals surface area (Å²) >= 11 is 1.59. The first-order chi connectivity index (χ1) is 9.20. The quantitative estimate of drug-likeness (QED) is 0.882. The van der Waals surface area contributed by atoms with Crippen molar-refractivity contribution in [3.8, 4) is 0 Å². The van der Waals surface area contributed by atoms with Crippen LogP contribution in [0.25, 0.3) is 0 Å². The molecule has 0 saturated carbocycles. The lowest BCUT2D eigenvalue weighted by molar-refractivity contribution is 0.0956. The highest BCUT2D eigenvalue weighted by Crippen LogP contribution is 2.17. The van der Waals surface area contributed by atoms with Gasteiger partial charge in [-0.2, -0.15) is 0 Å². The summed E-state index contributed by atoms with van der Waals surface area (Å²) in [5.74, 6) is -0.0309. The van der Waals surface area contributed by atoms with E-state index in [9.17, 15) is 4.79 Å². The van der Waals surface area contributed by atoms with Crippen LogP contribution in [-0.2, 0) is 6.54 Å². The zero-order valence-corrected chi connectivity index (χ0v) is 11.9. The number of benzene rings is 1. The highest BCUT2D eigenvalue weighted by molar-refractivity contribution is 7.07. The zero-order chi connectivity index (χ0) is 13.7. The van der Waals surface area contributed by atoms with Crippen molar-refractivity contribution in [3.05, 3.63) is 45.9 Å². The van der Waals surface area contributed by atoms with Crippen molar-refractivity contribution in [2.75, 3.05) is 11.9 Å². The van der Waals surface area contributed by atoms with Crippen molar-refractivity contribution in [2.45, 2.75) is 20.4 Å². The molecule has 5 heteroatoms. The second-order valence-electron chi connectivity index (χ2n) is 4.22. The van der Waals surface area contributed by atoms with Crippen LogP contribution < -0.4 is 10.6 Å². The number of rotatable bonds is 5. The molecule has 0 spiro atoms. The Morgan fingerprint density at radius 3 is 2.89 bits per heavy atom. The van der Waals surface area contributed by atoms with Crippen LogP contribution in [0.5, 0.6) is 0 Å². The van der Waals surface area contributed by atoms with Gasteiger partial charge in [0.25, 0.3) is 5.91 Å². The van der Waals surface area contributed by atoms with Crippen molar-refractivity contribution in [1.29, 1.82) is 0 Å². The zero-order valence-electron chi connectivity index (χ0n) is 11.1. The van der Waals surface area contributed by atoms with E-state index in [-0.39, 0.29) is 5.91 Å². The molecule has 2 rings (SSSR count). The van der Waals surface area contributed by atoms with E-state index in [2.05, 4.69) is 15.6 Å². The van der Waals surface area contributed by atoms with Crippen molar-refractivity contribution >= 4 is 22.9 Å². The molecular formula is C14H17N3OS. The van der Waals surface area contributed by atoms with Crippen LogP contribution in [0.3, 0.4) is 0 Å². The van der Waals surface area contributed by atoms with Crippen LogP contribution in [0.15, 0.2) is 29.1 Å². The molecule has 0 atom stereocenters. The summed E-state index contributed by atoms with van der Waals surface area (Å²) in [4.78, 5) is 15.9. The molecule has 0 saturated heterocycles. The topological polar surface area (TPSA) is 54.0 Å². The molecule has 0 fully saturated rings. The summed E-state index contributed by atoms with van der Waals surface area (Å²) < 4.78 is 0. The molecule has 0 aliphatic carbocycles. The Labute approximate surface area is 116 Å². The van der Waals surface area contributed by atoms with Gasteiger partial charge in [-0.1, -0.05) is 0 Å². The Morgan fingerprint density at radius 2 is 2.26 bits per heavy atom. The van der Waals surface area contributed by atoms with Crippen molar-refractivity contribution in [1.82, 2.24) is 10.3 Å². The number of carbonyl (C=O) groups excluding carboxylic acids is 1. The number of aryl methyl sites for hydroxylation is 1. The van der Waals surface area contributed by atoms with E-state index in [4.69, 9.17) is 0 Å². The minimum absolute atomic E-state index is 0.0309. The molecule has 19 heavy (non-hydrogen) atoms. The summed E-state index contributed by atoms with van der Waals surface area (Å²) in [7, 11) is 0. The summed E-state index contributed by atoms with van der Waals surface area (Å²) in [5.41, 5.74) is 5.62. The number of nitrogens with zero attached hydrogens (tertiary/aromatic N) is 1. The average Bonchev–Trinajstić information content (AvgIpc) is 2.90. The molecule has 1 amide bonds. The maximum Gasteiger partial charge on any atom is 0.251 e. The van der Waals surface area contributed by atoms with Gasteiger partial charge < -0.3 is 10.6 Å². The van der Waals surface area contributed by atoms with Crippen LogP contribution in [0.2, 0.25) is 0 Å². The van der Waals surface area contributed by atoms with Crippen molar-refractivity contribution < 1.29 is 4.79 Å². The molecule has 0 unspecified atom stereocenters. The second kappa shape index (κ2) is 6.33. The largest absolute Gasteiger partial charge is 0.379 e. The molecule has 2 N–H and O–H groups in total. The number of anilines is 1. The predicted molar refractivity (Wildman–Crippen MR) is 78.6 cm³/mol. The Morgan fingerprint density at radius 1 is 1.42 bits per heavy atom. The molecule has 0 aliphatic heterocycles. The summed E-state index contributed by atoms with van der Waals surface area (Å²) in [6.45, 7) is 5.24. The Bertz CT molecular complexity index is 552. The van der Waals surface area contributed by atoms with Gasteiger partial charge in [0, 0.05) is 23.2 Å². The molecule has 1 aromatic carbocycles. The van der Waals surface area contributed by atoms with Gasteiger partial charge >= 0.3 is 0 Å². The normalized spacial score (nSPS) is 10.2. The smallest absolute Gasteiger partial charge is 0.251 e. The number of aromatic nitrogens is 1. The first kappa shape index (κ1) is 13.5. The van der Waals surface area contributed by atoms with Gasteiger partial charge in [0.15, 0.2) is 0 Å². The lowest BCUT2D eigenvalue weighted by Crippen LogP contribution is -2.22. The average molecular weight is 275 g/mol. The Hall–Kier alpha value is -1.88. The standard InChI is InChI=1S/C14H17N3OS/c1-3-15-14(18)11-4-5-13(10(2)6-11)16-7-12-8-19-9-17-12/h4-6,8-9,16H,3,7H2,1-2H3,(H,15,18). The highest BCUT2D eigenvalue weighted by atomic mass is 32.1. The number of carbonyl (C=O) groups is 1. The molecule has 1 heterocycles. The third-order valence-corrected chi connectivity index (χ3v) is 3.40. The molecule has 4 nitrogen and oxygen atoms in total. The van der Waals surface area contributed by atoms with E-state index in [1.54, 1.807) is 11.3 Å². The third-order valence-electron chi connectivity index (χ3n) is 2.77. The van der Waals surface area contributed by atoms with Crippen LogP contribution in [0.4, 0.5) is 5.69 Å². The van der Waals surface area contributed by atoms with E-state index in [0.29, 0.717) is 18.7 Å². The maximum atomic E-state index is 11.7. The van der Waals surface area contributed by atoms with E-state index in [0.717, 1.165) is 16.9 Å². The summed E-state index contributed by atoms with van der Waals surface area (Å²) in [5, 5.41) is 8.14. The van der Waals surface area contributed by atoms with Crippen molar-refractivity contribution in [3.63, 3.8) is 0 Å². The summed E-state index contributed by atoms with van der Waals surface area (Å²) in [6.07, 6.45) is 0. The second-order valence-corrected chi connectivity index (χ2v) is 4.94. The fraction of sp³-hybridized carbons (Fsp3) is 0.286. The molecule has 2 aromatic rings. The third kappa shape index (κ3) is 3.54. The number of nitrogens with one attached hydrogen (secondary N) is 2. The SMILES string of the molecule is CCNC(=O)c1ccc(NCc2cscn2)c(C)c1. The predicted octanol–water partition coefficient (Wildman–Crippen LogP) is 2.81. The highest BCUT2D eigenvalue weighted by Gasteiger charge is 2.06. The number of hydrogen-bond acceptors (Lipinski definition) is 4. The first-order valence-corrected chi connectivity index (χ1v) is 7.14. The molecule has 0 radical (unpaired) electrons. The van der Waals surface area contributed by atoms with E-state index < -0.39 is 0 Å². The maximum absolute atomic E-state index is 11.7. The molecule has 100 valence electrons. The lowest BCUT2D eigenvalue weighted by Gasteiger charge is -2.10. The van der Waals surface area contributed by atoms with Crippen LogP contribution in [0, 0.1) is 6.92 Å². The van der Waals surface area contributed by atoms with E-state index >= 15 is 0 Å². The molecular weight excluding hydrogens is 258 g/mol. The Kier molecular flexibility index (Phi) is 4.52. The van der Waals surface area contributed by atoms with Gasteiger partial charge in [-0.05, 0) is 37.6 Å². The van der Waals surface area contributed by atoms with Crippen LogP contribution >= 0.6 is 11.3 Å². The number of hydrogen-bond donors (Lipinski definition) is 2. The molecule has 1 aromatic heterocycles. The van der Waals surface area contributed by atoms with E-state index in [1.807, 2.05) is 42.9 Å². The van der Waals surface area contributed by atoms with E-state index in [1.165, 1.54) is 0 Å². The van der Waals surface area contributed by atoms with Crippen LogP contribution in [0.1, 0.15) is 28.5 Å². The van der Waals surface area contributed by atoms with Gasteiger partial charge in [0.2, 0.25) is 0 Å². The van der Waals surface area contributed by atoms with Gasteiger partial charge in [-0.25, -0.2) is 4.98 Å². The van der Waals surface area contributed by atoms with Crippen molar-refractivity contribution in [2.24, 2.45) is 0 Å². The van der Waals surface area contributed by atoms with Gasteiger partial charge in [-0.3, -0.25) is 4.79 Å².